The third kappa shape index (κ3) is 4.57. The summed E-state index contributed by atoms with van der Waals surface area (Å²) in [6, 6.07) is 1.97. The van der Waals surface area contributed by atoms with Crippen LogP contribution in [0.25, 0.3) is 0 Å². The minimum atomic E-state index is 0. The van der Waals surface area contributed by atoms with Crippen LogP contribution in [0.15, 0.2) is 23.0 Å². The van der Waals surface area contributed by atoms with Gasteiger partial charge in [0.25, 0.3) is 0 Å². The predicted octanol–water partition coefficient (Wildman–Crippen LogP) is 2.75. The van der Waals surface area contributed by atoms with Gasteiger partial charge in [0.15, 0.2) is 0 Å². The molecule has 0 radical (unpaired) electrons. The highest BCUT2D eigenvalue weighted by Gasteiger charge is 2.07. The van der Waals surface area contributed by atoms with E-state index in [1.165, 1.54) is 5.56 Å². The molecule has 0 fully saturated rings. The Bertz CT molecular complexity index is 201. The molecule has 1 rings (SSSR count). The summed E-state index contributed by atoms with van der Waals surface area (Å²) in [5, 5.41) is 3.36. The van der Waals surface area contributed by atoms with Gasteiger partial charge in [-0.15, -0.1) is 17.0 Å². The fraction of sp³-hybridized carbons (Fsp3) is 0.556. The summed E-state index contributed by atoms with van der Waals surface area (Å²) < 4.78 is 4.94. The minimum absolute atomic E-state index is 0. The van der Waals surface area contributed by atoms with Gasteiger partial charge in [0.1, 0.15) is 0 Å². The quantitative estimate of drug-likeness (QED) is 0.851. The Labute approximate surface area is 84.1 Å². The van der Waals surface area contributed by atoms with Crippen molar-refractivity contribution in [2.75, 3.05) is 0 Å². The van der Waals surface area contributed by atoms with Gasteiger partial charge in [-0.25, -0.2) is 0 Å². The molecule has 0 aliphatic rings. The zero-order valence-corrected chi connectivity index (χ0v) is 9.47. The standard InChI is InChI=1S/C9H15NO.BrH/c1-9(2,3)10-6-8-4-5-11-7-8;/h4-5,7,10H,6H2,1-3H3;1H. The van der Waals surface area contributed by atoms with Crippen LogP contribution in [0.1, 0.15) is 26.3 Å². The van der Waals surface area contributed by atoms with Crippen LogP contribution >= 0.6 is 17.0 Å². The highest BCUT2D eigenvalue weighted by molar-refractivity contribution is 8.93. The summed E-state index contributed by atoms with van der Waals surface area (Å²) in [5.41, 5.74) is 1.37. The molecule has 1 aromatic heterocycles. The topological polar surface area (TPSA) is 25.2 Å². The van der Waals surface area contributed by atoms with Crippen molar-refractivity contribution >= 4 is 17.0 Å². The number of rotatable bonds is 2. The van der Waals surface area contributed by atoms with E-state index in [9.17, 15) is 0 Å². The van der Waals surface area contributed by atoms with Crippen molar-refractivity contribution in [3.63, 3.8) is 0 Å². The Hall–Kier alpha value is -0.280. The van der Waals surface area contributed by atoms with E-state index in [0.717, 1.165) is 6.54 Å². The average Bonchev–Trinajstić information content (AvgIpc) is 2.32. The first-order valence-electron chi connectivity index (χ1n) is 3.84. The molecule has 0 aliphatic heterocycles. The second-order valence-corrected chi connectivity index (χ2v) is 3.74. The normalized spacial score (nSPS) is 10.9. The second-order valence-electron chi connectivity index (χ2n) is 3.74. The van der Waals surface area contributed by atoms with Crippen molar-refractivity contribution in [2.45, 2.75) is 32.9 Å². The lowest BCUT2D eigenvalue weighted by atomic mass is 10.1. The van der Waals surface area contributed by atoms with E-state index in [0.29, 0.717) is 0 Å². The maximum absolute atomic E-state index is 4.94. The van der Waals surface area contributed by atoms with Crippen LogP contribution in [-0.4, -0.2) is 5.54 Å². The molecule has 12 heavy (non-hydrogen) atoms. The first-order valence-corrected chi connectivity index (χ1v) is 3.84. The Morgan fingerprint density at radius 1 is 1.42 bits per heavy atom. The maximum atomic E-state index is 4.94. The van der Waals surface area contributed by atoms with Crippen LogP contribution in [0.5, 0.6) is 0 Å². The van der Waals surface area contributed by atoms with Gasteiger partial charge in [-0.1, -0.05) is 0 Å². The highest BCUT2D eigenvalue weighted by atomic mass is 79.9. The van der Waals surface area contributed by atoms with Crippen molar-refractivity contribution in [3.05, 3.63) is 24.2 Å². The SMILES string of the molecule is Br.CC(C)(C)NCc1ccoc1. The van der Waals surface area contributed by atoms with Crippen molar-refractivity contribution in [1.29, 1.82) is 0 Å². The molecule has 0 aliphatic carbocycles. The van der Waals surface area contributed by atoms with Gasteiger partial charge >= 0.3 is 0 Å². The average molecular weight is 234 g/mol. The molecule has 1 heterocycles. The molecule has 0 saturated heterocycles. The van der Waals surface area contributed by atoms with Crippen LogP contribution in [0.4, 0.5) is 0 Å². The zero-order valence-electron chi connectivity index (χ0n) is 7.76. The smallest absolute Gasteiger partial charge is 0.0947 e. The molecule has 0 saturated carbocycles. The summed E-state index contributed by atoms with van der Waals surface area (Å²) >= 11 is 0. The molecule has 0 aromatic carbocycles. The Balaban J connectivity index is 0.00000121. The van der Waals surface area contributed by atoms with Crippen LogP contribution in [0.3, 0.4) is 0 Å². The summed E-state index contributed by atoms with van der Waals surface area (Å²) in [5.74, 6) is 0. The van der Waals surface area contributed by atoms with Crippen LogP contribution in [-0.2, 0) is 6.54 Å². The van der Waals surface area contributed by atoms with Gasteiger partial charge in [0.2, 0.25) is 0 Å². The zero-order chi connectivity index (χ0) is 8.32. The molecule has 0 amide bonds. The first kappa shape index (κ1) is 11.7. The first-order chi connectivity index (χ1) is 5.08. The Kier molecular flexibility index (Phi) is 4.57. The van der Waals surface area contributed by atoms with E-state index < -0.39 is 0 Å². The van der Waals surface area contributed by atoms with E-state index in [1.807, 2.05) is 6.07 Å². The van der Waals surface area contributed by atoms with Gasteiger partial charge in [-0.05, 0) is 26.8 Å². The largest absolute Gasteiger partial charge is 0.472 e. The van der Waals surface area contributed by atoms with E-state index in [4.69, 9.17) is 4.42 Å². The molecule has 0 atom stereocenters. The lowest BCUT2D eigenvalue weighted by Crippen LogP contribution is -2.34. The molecule has 70 valence electrons. The van der Waals surface area contributed by atoms with Gasteiger partial charge in [0.05, 0.1) is 12.5 Å². The fourth-order valence-electron chi connectivity index (χ4n) is 0.760. The van der Waals surface area contributed by atoms with E-state index >= 15 is 0 Å². The van der Waals surface area contributed by atoms with Gasteiger partial charge in [0, 0.05) is 17.6 Å². The number of hydrogen-bond acceptors (Lipinski definition) is 2. The number of hydrogen-bond donors (Lipinski definition) is 1. The van der Waals surface area contributed by atoms with E-state index in [2.05, 4.69) is 26.1 Å². The number of furan rings is 1. The van der Waals surface area contributed by atoms with Crippen LogP contribution < -0.4 is 5.32 Å². The summed E-state index contributed by atoms with van der Waals surface area (Å²) in [6.45, 7) is 7.31. The third-order valence-electron chi connectivity index (χ3n) is 1.40. The highest BCUT2D eigenvalue weighted by Crippen LogP contribution is 2.03. The van der Waals surface area contributed by atoms with Crippen LogP contribution in [0, 0.1) is 0 Å². The Morgan fingerprint density at radius 3 is 2.50 bits per heavy atom. The Morgan fingerprint density at radius 2 is 2.08 bits per heavy atom. The van der Waals surface area contributed by atoms with Crippen molar-refractivity contribution < 1.29 is 4.42 Å². The van der Waals surface area contributed by atoms with Crippen molar-refractivity contribution in [1.82, 2.24) is 5.32 Å². The molecule has 3 heteroatoms. The van der Waals surface area contributed by atoms with Gasteiger partial charge in [-0.3, -0.25) is 0 Å². The van der Waals surface area contributed by atoms with Gasteiger partial charge in [-0.2, -0.15) is 0 Å². The summed E-state index contributed by atoms with van der Waals surface area (Å²) in [7, 11) is 0. The monoisotopic (exact) mass is 233 g/mol. The van der Waals surface area contributed by atoms with E-state index in [-0.39, 0.29) is 22.5 Å². The summed E-state index contributed by atoms with van der Waals surface area (Å²) in [6.07, 6.45) is 3.46. The van der Waals surface area contributed by atoms with Crippen molar-refractivity contribution in [2.24, 2.45) is 0 Å². The lowest BCUT2D eigenvalue weighted by Gasteiger charge is -2.19. The maximum Gasteiger partial charge on any atom is 0.0947 e. The van der Waals surface area contributed by atoms with Gasteiger partial charge < -0.3 is 9.73 Å². The van der Waals surface area contributed by atoms with Crippen molar-refractivity contribution in [3.8, 4) is 0 Å². The van der Waals surface area contributed by atoms with E-state index in [1.54, 1.807) is 12.5 Å². The molecule has 1 N–H and O–H groups in total. The number of halogens is 1. The third-order valence-corrected chi connectivity index (χ3v) is 1.40. The molecular weight excluding hydrogens is 218 g/mol. The lowest BCUT2D eigenvalue weighted by molar-refractivity contribution is 0.422. The molecule has 0 unspecified atom stereocenters. The molecular formula is C9H16BrNO. The summed E-state index contributed by atoms with van der Waals surface area (Å²) in [4.78, 5) is 0. The molecule has 1 aromatic rings. The molecule has 0 spiro atoms. The molecule has 0 bridgehead atoms. The molecule has 2 nitrogen and oxygen atoms in total. The fourth-order valence-corrected chi connectivity index (χ4v) is 0.760. The number of nitrogens with one attached hydrogen (secondary N) is 1. The minimum Gasteiger partial charge on any atom is -0.472 e. The predicted molar refractivity (Wildman–Crippen MR) is 55.6 cm³/mol. The second kappa shape index (κ2) is 4.67. The van der Waals surface area contributed by atoms with Crippen LogP contribution in [0.2, 0.25) is 0 Å².